The third kappa shape index (κ3) is 7.23. The lowest BCUT2D eigenvalue weighted by Crippen LogP contribution is -2.62. The summed E-state index contributed by atoms with van der Waals surface area (Å²) in [4.78, 5) is 26.3. The number of carboxylic acids is 1. The molecule has 1 aromatic carbocycles. The van der Waals surface area contributed by atoms with Gasteiger partial charge in [0.2, 0.25) is 0 Å². The Balaban J connectivity index is 0.848. The van der Waals surface area contributed by atoms with Crippen LogP contribution in [0.15, 0.2) is 47.1 Å². The molecule has 0 bridgehead atoms. The van der Waals surface area contributed by atoms with E-state index < -0.39 is 17.7 Å². The number of hydrogen-bond acceptors (Lipinski definition) is 7. The lowest BCUT2D eigenvalue weighted by molar-refractivity contribution is -0.209. The molecule has 344 valence electrons. The summed E-state index contributed by atoms with van der Waals surface area (Å²) in [6.45, 7) is 14.6. The van der Waals surface area contributed by atoms with Gasteiger partial charge in [-0.25, -0.2) is 0 Å². The van der Waals surface area contributed by atoms with Gasteiger partial charge in [0.1, 0.15) is 5.60 Å². The lowest BCUT2D eigenvalue weighted by Gasteiger charge is -2.63. The number of carboxylic acid groups (broad SMARTS) is 1. The fourth-order valence-corrected chi connectivity index (χ4v) is 17.0. The number of ketones is 1. The summed E-state index contributed by atoms with van der Waals surface area (Å²) in [7, 11) is 2.14. The maximum absolute atomic E-state index is 12.6. The van der Waals surface area contributed by atoms with Gasteiger partial charge in [-0.05, 0) is 189 Å². The molecule has 1 unspecified atom stereocenters. The van der Waals surface area contributed by atoms with E-state index in [-0.39, 0.29) is 82.1 Å². The molecule has 8 aliphatic carbocycles. The predicted octanol–water partition coefficient (Wildman–Crippen LogP) is 9.51. The van der Waals surface area contributed by atoms with Crippen LogP contribution in [0.4, 0.5) is 5.69 Å². The van der Waals surface area contributed by atoms with E-state index in [1.54, 1.807) is 0 Å². The van der Waals surface area contributed by atoms with Gasteiger partial charge in [-0.1, -0.05) is 58.2 Å². The van der Waals surface area contributed by atoms with Crippen LogP contribution in [0.3, 0.4) is 0 Å². The molecule has 17 atom stereocenters. The number of aliphatic hydroxyl groups is 3. The van der Waals surface area contributed by atoms with Crippen LogP contribution in [-0.2, 0) is 14.3 Å². The number of rotatable bonds is 10. The molecule has 4 N–H and O–H groups in total. The highest BCUT2D eigenvalue weighted by Gasteiger charge is 2.67. The van der Waals surface area contributed by atoms with Gasteiger partial charge in [-0.3, -0.25) is 9.59 Å². The van der Waals surface area contributed by atoms with E-state index in [1.165, 1.54) is 22.3 Å². The van der Waals surface area contributed by atoms with Crippen molar-refractivity contribution in [3.05, 3.63) is 52.6 Å². The number of anilines is 1. The zero-order chi connectivity index (χ0) is 44.8. The molecule has 8 nitrogen and oxygen atoms in total. The van der Waals surface area contributed by atoms with Gasteiger partial charge in [0.25, 0.3) is 0 Å². The molecule has 0 aromatic heterocycles. The van der Waals surface area contributed by atoms with Crippen LogP contribution >= 0.6 is 0 Å². The summed E-state index contributed by atoms with van der Waals surface area (Å²) < 4.78 is 6.68. The molecule has 1 aromatic rings. The number of allylic oxidation sites excluding steroid dienone is 4. The third-order valence-corrected chi connectivity index (χ3v) is 20.5. The molecule has 0 spiro atoms. The molecule has 0 heterocycles. The second-order valence-corrected chi connectivity index (χ2v) is 23.1. The minimum Gasteiger partial charge on any atom is -0.481 e. The van der Waals surface area contributed by atoms with E-state index in [0.717, 1.165) is 89.3 Å². The highest BCUT2D eigenvalue weighted by atomic mass is 16.5. The maximum atomic E-state index is 12.6. The van der Waals surface area contributed by atoms with E-state index in [1.807, 2.05) is 13.0 Å². The molecular weight excluding hydrogens is 787 g/mol. The number of carbonyl (C=O) groups is 2. The number of carbonyl (C=O) groups excluding carboxylic acids is 1. The summed E-state index contributed by atoms with van der Waals surface area (Å²) in [5.74, 6) is 8.58. The van der Waals surface area contributed by atoms with Crippen LogP contribution in [-0.4, -0.2) is 76.3 Å². The zero-order valence-electron chi connectivity index (χ0n) is 39.4. The Kier molecular flexibility index (Phi) is 12.0. The topological polar surface area (TPSA) is 128 Å². The molecule has 8 aliphatic rings. The van der Waals surface area contributed by atoms with Crippen molar-refractivity contribution >= 4 is 17.4 Å². The summed E-state index contributed by atoms with van der Waals surface area (Å²) in [6, 6.07) is 9.12. The number of aliphatic carboxylic acids is 1. The van der Waals surface area contributed by atoms with Crippen molar-refractivity contribution in [1.82, 2.24) is 0 Å². The molecule has 63 heavy (non-hydrogen) atoms. The molecule has 0 aliphatic heterocycles. The fraction of sp³-hybridized carbons (Fsp3) is 0.745. The van der Waals surface area contributed by atoms with Crippen LogP contribution in [0.25, 0.3) is 0 Å². The van der Waals surface area contributed by atoms with Crippen molar-refractivity contribution in [2.45, 2.75) is 168 Å². The molecule has 6 fully saturated rings. The Morgan fingerprint density at radius 2 is 1.73 bits per heavy atom. The summed E-state index contributed by atoms with van der Waals surface area (Å²) in [5, 5.41) is 45.7. The number of nitrogens with zero attached hydrogens (tertiary/aromatic N) is 1. The number of hydrogen-bond donors (Lipinski definition) is 4. The van der Waals surface area contributed by atoms with Gasteiger partial charge in [0.05, 0.1) is 24.9 Å². The summed E-state index contributed by atoms with van der Waals surface area (Å²) in [5.41, 5.74) is 5.08. The van der Waals surface area contributed by atoms with Crippen LogP contribution in [0.1, 0.15) is 149 Å². The highest BCUT2D eigenvalue weighted by Crippen LogP contribution is 2.70. The third-order valence-electron chi connectivity index (χ3n) is 20.5. The zero-order valence-corrected chi connectivity index (χ0v) is 39.4. The number of fused-ring (bicyclic) bond motifs is 9. The van der Waals surface area contributed by atoms with Gasteiger partial charge >= 0.3 is 5.97 Å². The minimum atomic E-state index is -1.03. The normalized spacial score (nSPS) is 44.4. The van der Waals surface area contributed by atoms with Gasteiger partial charge in [-0.2, -0.15) is 0 Å². The van der Waals surface area contributed by atoms with Crippen LogP contribution in [0, 0.1) is 81.3 Å². The fourth-order valence-electron chi connectivity index (χ4n) is 17.0. The molecule has 0 radical (unpaired) electrons. The summed E-state index contributed by atoms with van der Waals surface area (Å²) >= 11 is 0. The number of ether oxygens (including phenoxy) is 1. The van der Waals surface area contributed by atoms with Gasteiger partial charge in [0, 0.05) is 43.5 Å². The molecule has 6 saturated carbocycles. The second-order valence-electron chi connectivity index (χ2n) is 23.1. The molecule has 8 heteroatoms. The van der Waals surface area contributed by atoms with Gasteiger partial charge in [-0.15, -0.1) is 5.92 Å². The van der Waals surface area contributed by atoms with Crippen LogP contribution in [0.2, 0.25) is 0 Å². The Morgan fingerprint density at radius 3 is 2.46 bits per heavy atom. The van der Waals surface area contributed by atoms with Crippen LogP contribution in [0.5, 0.6) is 0 Å². The largest absolute Gasteiger partial charge is 0.481 e. The summed E-state index contributed by atoms with van der Waals surface area (Å²) in [6.07, 6.45) is 13.8. The molecule has 0 saturated heterocycles. The van der Waals surface area contributed by atoms with Crippen molar-refractivity contribution in [3.8, 4) is 11.8 Å². The lowest BCUT2D eigenvalue weighted by atomic mass is 9.43. The molecular formula is C55H77NO7. The first kappa shape index (κ1) is 45.2. The average molecular weight is 864 g/mol. The number of likely N-dealkylation sites (N-methyl/N-ethyl adjacent to an activating group) is 1. The van der Waals surface area contributed by atoms with E-state index in [4.69, 9.17) is 4.74 Å². The molecule has 0 amide bonds. The first-order valence-corrected chi connectivity index (χ1v) is 25.1. The van der Waals surface area contributed by atoms with Crippen molar-refractivity contribution in [2.24, 2.45) is 69.5 Å². The standard InChI is InChI=1S/C55H77NO7/c1-8-22-55(62)33(3)26-45-41-16-12-35-27-38(57)15-17-40(35)50(41)42(31-53(45,55)5)34-10-13-37(14-11-34)56(7)24-25-63-39-21-23-52(4)36(28-39)29-47(58)51-44-19-18-43(32(2)9-20-49(60)61)54(44,6)48(59)30-46(51)52/h10-11,13-14,27,32-33,36,39,41-48,51,58-59,62H,9,12,15-21,23-26,28-31H2,1-7H3,(H,60,61)/t32-,33?,36+,39+,41+,42-,43-,44+,45+,46+,47-,48+,51+,52+,53+,54-,55-/m1/s1. The smallest absolute Gasteiger partial charge is 0.303 e. The van der Waals surface area contributed by atoms with E-state index >= 15 is 0 Å². The first-order valence-electron chi connectivity index (χ1n) is 25.1. The van der Waals surface area contributed by atoms with Crippen molar-refractivity contribution in [1.29, 1.82) is 0 Å². The Hall–Kier alpha value is -2.96. The Labute approximate surface area is 377 Å². The Morgan fingerprint density at radius 1 is 0.968 bits per heavy atom. The van der Waals surface area contributed by atoms with Crippen LogP contribution < -0.4 is 4.90 Å². The van der Waals surface area contributed by atoms with Crippen molar-refractivity contribution < 1.29 is 34.8 Å². The van der Waals surface area contributed by atoms with Gasteiger partial charge in [0.15, 0.2) is 5.78 Å². The first-order chi connectivity index (χ1) is 29.9. The van der Waals surface area contributed by atoms with Crippen molar-refractivity contribution in [3.63, 3.8) is 0 Å². The predicted molar refractivity (Wildman–Crippen MR) is 247 cm³/mol. The number of benzene rings is 1. The molecule has 9 rings (SSSR count). The average Bonchev–Trinajstić information content (AvgIpc) is 3.71. The maximum Gasteiger partial charge on any atom is 0.303 e. The van der Waals surface area contributed by atoms with E-state index in [0.29, 0.717) is 37.2 Å². The van der Waals surface area contributed by atoms with Gasteiger partial charge < -0.3 is 30.1 Å². The quantitative estimate of drug-likeness (QED) is 0.172. The highest BCUT2D eigenvalue weighted by molar-refractivity contribution is 5.93. The van der Waals surface area contributed by atoms with E-state index in [2.05, 4.69) is 82.7 Å². The van der Waals surface area contributed by atoms with E-state index in [9.17, 15) is 30.0 Å². The Bertz CT molecular complexity index is 2060. The SMILES string of the molecule is CC#C[C@@]1(O)C(C)C[C@H]2[C@@H]3CCC4=CC(=O)CCC4=C3[C@@H](c3ccc(N(C)CCO[C@H]4CC[C@@]5(C)[C@@H](C4)C[C@@H](O)[C@@H]4[C@@H]5C[C@H](O)[C@]5(C)[C@@H]([C@H](C)CCC(=O)O)CC[C@@H]45)cc3)C[C@@]21C. The minimum absolute atomic E-state index is 0.0626. The second kappa shape index (κ2) is 16.7. The monoisotopic (exact) mass is 864 g/mol. The number of aliphatic hydroxyl groups excluding tert-OH is 2. The van der Waals surface area contributed by atoms with Crippen molar-refractivity contribution in [2.75, 3.05) is 25.1 Å².